The first-order valence-electron chi connectivity index (χ1n) is 9.71. The van der Waals surface area contributed by atoms with Gasteiger partial charge in [-0.25, -0.2) is 4.79 Å². The highest BCUT2D eigenvalue weighted by Gasteiger charge is 2.23. The Morgan fingerprint density at radius 3 is 2.48 bits per heavy atom. The summed E-state index contributed by atoms with van der Waals surface area (Å²) in [6, 6.07) is 8.65. The molecule has 1 aliphatic rings. The van der Waals surface area contributed by atoms with Crippen LogP contribution in [0, 0.1) is 0 Å². The van der Waals surface area contributed by atoms with Crippen LogP contribution in [0.4, 0.5) is 4.79 Å². The molecule has 2 rings (SSSR count). The van der Waals surface area contributed by atoms with Gasteiger partial charge in [0.1, 0.15) is 0 Å². The second-order valence-electron chi connectivity index (χ2n) is 6.72. The molecule has 0 saturated carbocycles. The zero-order valence-corrected chi connectivity index (χ0v) is 17.1. The molecule has 1 aromatic rings. The van der Waals surface area contributed by atoms with Gasteiger partial charge in [-0.15, -0.1) is 0 Å². The molecule has 0 aliphatic carbocycles. The van der Waals surface area contributed by atoms with E-state index in [4.69, 9.17) is 4.74 Å². The Balaban J connectivity index is 1.86. The minimum atomic E-state index is -0.228. The van der Waals surface area contributed by atoms with E-state index in [9.17, 15) is 4.79 Å². The summed E-state index contributed by atoms with van der Waals surface area (Å²) in [7, 11) is 3.93. The molecule has 1 amide bonds. The molecule has 1 aromatic carbocycles. The minimum Gasteiger partial charge on any atom is -0.450 e. The number of aliphatic imine (C=N–C) groups is 1. The lowest BCUT2D eigenvalue weighted by Gasteiger charge is -2.35. The molecule has 1 fully saturated rings. The quantitative estimate of drug-likeness (QED) is 0.609. The molecule has 0 aromatic heterocycles. The Hall–Kier alpha value is -2.28. The topological polar surface area (TPSA) is 60.4 Å². The molecule has 150 valence electrons. The van der Waals surface area contributed by atoms with Crippen LogP contribution in [0.3, 0.4) is 0 Å². The second kappa shape index (κ2) is 10.8. The zero-order valence-electron chi connectivity index (χ0n) is 17.1. The predicted molar refractivity (Wildman–Crippen MR) is 109 cm³/mol. The molecule has 0 atom stereocenters. The molecule has 27 heavy (non-hydrogen) atoms. The highest BCUT2D eigenvalue weighted by Crippen LogP contribution is 2.09. The normalized spacial score (nSPS) is 15.2. The number of benzene rings is 1. The van der Waals surface area contributed by atoms with E-state index in [0.717, 1.165) is 38.7 Å². The first-order chi connectivity index (χ1) is 13.1. The number of rotatable bonds is 6. The summed E-state index contributed by atoms with van der Waals surface area (Å²) in [6.45, 7) is 9.92. The fourth-order valence-electron chi connectivity index (χ4n) is 3.09. The number of carbonyl (C=O) groups is 1. The SMILES string of the molecule is CCOC(=O)N1CCN(C(=NC)NCc2cccc(CN(C)CC)c2)CC1. The van der Waals surface area contributed by atoms with Crippen LogP contribution in [0.15, 0.2) is 29.3 Å². The van der Waals surface area contributed by atoms with Crippen molar-refractivity contribution in [2.75, 3.05) is 53.4 Å². The lowest BCUT2D eigenvalue weighted by Crippen LogP contribution is -2.53. The van der Waals surface area contributed by atoms with Crippen LogP contribution in [-0.4, -0.2) is 80.2 Å². The monoisotopic (exact) mass is 375 g/mol. The van der Waals surface area contributed by atoms with Gasteiger partial charge in [-0.2, -0.15) is 0 Å². The van der Waals surface area contributed by atoms with Crippen LogP contribution >= 0.6 is 0 Å². The third-order valence-corrected chi connectivity index (χ3v) is 4.75. The Morgan fingerprint density at radius 1 is 1.19 bits per heavy atom. The molecule has 7 heteroatoms. The maximum Gasteiger partial charge on any atom is 0.409 e. The van der Waals surface area contributed by atoms with E-state index in [0.29, 0.717) is 19.7 Å². The van der Waals surface area contributed by atoms with Crippen LogP contribution in [0.25, 0.3) is 0 Å². The van der Waals surface area contributed by atoms with Gasteiger partial charge in [0.25, 0.3) is 0 Å². The van der Waals surface area contributed by atoms with Crippen LogP contribution < -0.4 is 5.32 Å². The molecule has 0 unspecified atom stereocenters. The number of ether oxygens (including phenoxy) is 1. The number of hydrogen-bond acceptors (Lipinski definition) is 4. The lowest BCUT2D eigenvalue weighted by molar-refractivity contribution is 0.0914. The third kappa shape index (κ3) is 6.43. The minimum absolute atomic E-state index is 0.228. The lowest BCUT2D eigenvalue weighted by atomic mass is 10.1. The first kappa shape index (κ1) is 21.0. The molecular formula is C20H33N5O2. The van der Waals surface area contributed by atoms with Crippen LogP contribution in [0.1, 0.15) is 25.0 Å². The molecular weight excluding hydrogens is 342 g/mol. The maximum atomic E-state index is 11.8. The Bertz CT molecular complexity index is 627. The van der Waals surface area contributed by atoms with Crippen LogP contribution in [-0.2, 0) is 17.8 Å². The van der Waals surface area contributed by atoms with Crippen molar-refractivity contribution in [3.8, 4) is 0 Å². The number of guanidine groups is 1. The van der Waals surface area contributed by atoms with E-state index in [-0.39, 0.29) is 6.09 Å². The van der Waals surface area contributed by atoms with E-state index in [2.05, 4.69) is 58.3 Å². The van der Waals surface area contributed by atoms with Crippen LogP contribution in [0.5, 0.6) is 0 Å². The summed E-state index contributed by atoms with van der Waals surface area (Å²) in [5.41, 5.74) is 2.56. The van der Waals surface area contributed by atoms with Gasteiger partial charge >= 0.3 is 6.09 Å². The van der Waals surface area contributed by atoms with Gasteiger partial charge in [-0.1, -0.05) is 31.2 Å². The molecule has 1 N–H and O–H groups in total. The fraction of sp³-hybridized carbons (Fsp3) is 0.600. The van der Waals surface area contributed by atoms with Crippen molar-refractivity contribution in [3.05, 3.63) is 35.4 Å². The number of carbonyl (C=O) groups excluding carboxylic acids is 1. The number of nitrogens with zero attached hydrogens (tertiary/aromatic N) is 4. The number of piperazine rings is 1. The summed E-state index contributed by atoms with van der Waals surface area (Å²) in [4.78, 5) is 22.4. The Morgan fingerprint density at radius 2 is 1.85 bits per heavy atom. The molecule has 0 radical (unpaired) electrons. The average Bonchev–Trinajstić information content (AvgIpc) is 2.69. The van der Waals surface area contributed by atoms with Crippen molar-refractivity contribution in [1.82, 2.24) is 20.0 Å². The van der Waals surface area contributed by atoms with E-state index in [1.54, 1.807) is 11.9 Å². The molecule has 1 saturated heterocycles. The third-order valence-electron chi connectivity index (χ3n) is 4.75. The molecule has 0 bridgehead atoms. The van der Waals surface area contributed by atoms with Gasteiger partial charge in [0, 0.05) is 46.3 Å². The second-order valence-corrected chi connectivity index (χ2v) is 6.72. The Labute approximate surface area is 163 Å². The van der Waals surface area contributed by atoms with Gasteiger partial charge in [0.05, 0.1) is 6.61 Å². The van der Waals surface area contributed by atoms with Crippen molar-refractivity contribution >= 4 is 12.1 Å². The van der Waals surface area contributed by atoms with Gasteiger partial charge in [-0.3, -0.25) is 4.99 Å². The van der Waals surface area contributed by atoms with Crippen molar-refractivity contribution < 1.29 is 9.53 Å². The van der Waals surface area contributed by atoms with Gasteiger partial charge in [0.15, 0.2) is 5.96 Å². The summed E-state index contributed by atoms with van der Waals surface area (Å²) >= 11 is 0. The largest absolute Gasteiger partial charge is 0.450 e. The summed E-state index contributed by atoms with van der Waals surface area (Å²) in [6.07, 6.45) is -0.228. The highest BCUT2D eigenvalue weighted by atomic mass is 16.6. The van der Waals surface area contributed by atoms with Crippen molar-refractivity contribution in [2.24, 2.45) is 4.99 Å². The summed E-state index contributed by atoms with van der Waals surface area (Å²) < 4.78 is 5.07. The highest BCUT2D eigenvalue weighted by molar-refractivity contribution is 5.80. The number of nitrogens with one attached hydrogen (secondary N) is 1. The van der Waals surface area contributed by atoms with Crippen LogP contribution in [0.2, 0.25) is 0 Å². The van der Waals surface area contributed by atoms with Crippen molar-refractivity contribution in [1.29, 1.82) is 0 Å². The van der Waals surface area contributed by atoms with Gasteiger partial charge < -0.3 is 24.8 Å². The fourth-order valence-corrected chi connectivity index (χ4v) is 3.09. The first-order valence-corrected chi connectivity index (χ1v) is 9.71. The number of hydrogen-bond donors (Lipinski definition) is 1. The smallest absolute Gasteiger partial charge is 0.409 e. The van der Waals surface area contributed by atoms with E-state index >= 15 is 0 Å². The number of amides is 1. The predicted octanol–water partition coefficient (Wildman–Crippen LogP) is 1.99. The standard InChI is InChI=1S/C20H33N5O2/c1-5-23(4)16-18-9-7-8-17(14-18)15-22-19(21-3)24-10-12-25(13-11-24)20(26)27-6-2/h7-9,14H,5-6,10-13,15-16H2,1-4H3,(H,21,22). The molecule has 7 nitrogen and oxygen atoms in total. The average molecular weight is 376 g/mol. The Kier molecular flexibility index (Phi) is 8.39. The van der Waals surface area contributed by atoms with Crippen molar-refractivity contribution in [2.45, 2.75) is 26.9 Å². The summed E-state index contributed by atoms with van der Waals surface area (Å²) in [5, 5.41) is 3.45. The van der Waals surface area contributed by atoms with E-state index < -0.39 is 0 Å². The van der Waals surface area contributed by atoms with E-state index in [1.807, 2.05) is 6.92 Å². The van der Waals surface area contributed by atoms with Gasteiger partial charge in [-0.05, 0) is 31.6 Å². The van der Waals surface area contributed by atoms with E-state index in [1.165, 1.54) is 11.1 Å². The molecule has 0 spiro atoms. The maximum absolute atomic E-state index is 11.8. The molecule has 1 aliphatic heterocycles. The van der Waals surface area contributed by atoms with Crippen molar-refractivity contribution in [3.63, 3.8) is 0 Å². The van der Waals surface area contributed by atoms with Gasteiger partial charge in [0.2, 0.25) is 0 Å². The summed E-state index contributed by atoms with van der Waals surface area (Å²) in [5.74, 6) is 0.870. The molecule has 1 heterocycles. The zero-order chi connectivity index (χ0) is 19.6.